The molecule has 0 spiro atoms. The zero-order valence-corrected chi connectivity index (χ0v) is 17.1. The first-order valence-electron chi connectivity index (χ1n) is 9.38. The number of rotatable bonds is 3. The van der Waals surface area contributed by atoms with Crippen molar-refractivity contribution >= 4 is 21.6 Å². The Labute approximate surface area is 163 Å². The van der Waals surface area contributed by atoms with Gasteiger partial charge in [0.25, 0.3) is 5.56 Å². The Kier molecular flexibility index (Phi) is 4.54. The zero-order valence-electron chi connectivity index (χ0n) is 16.3. The number of thiophene rings is 1. The number of fused-ring (bicyclic) bond motifs is 3. The minimum absolute atomic E-state index is 0.0254. The molecule has 5 nitrogen and oxygen atoms in total. The van der Waals surface area contributed by atoms with Crippen LogP contribution in [0.25, 0.3) is 10.2 Å². The third-order valence-electron chi connectivity index (χ3n) is 5.65. The van der Waals surface area contributed by atoms with Crippen LogP contribution in [-0.4, -0.2) is 22.1 Å². The van der Waals surface area contributed by atoms with Crippen molar-refractivity contribution < 1.29 is 4.74 Å². The van der Waals surface area contributed by atoms with Crippen LogP contribution >= 0.6 is 11.3 Å². The van der Waals surface area contributed by atoms with Crippen molar-refractivity contribution in [3.05, 3.63) is 50.6 Å². The molecule has 27 heavy (non-hydrogen) atoms. The van der Waals surface area contributed by atoms with E-state index in [0.717, 1.165) is 40.8 Å². The van der Waals surface area contributed by atoms with Gasteiger partial charge in [-0.1, -0.05) is 38.1 Å². The highest BCUT2D eigenvalue weighted by Gasteiger charge is 2.31. The lowest BCUT2D eigenvalue weighted by atomic mass is 9.72. The second-order valence-electron chi connectivity index (χ2n) is 8.39. The first kappa shape index (κ1) is 18.2. The van der Waals surface area contributed by atoms with Crippen molar-refractivity contribution in [1.82, 2.24) is 15.0 Å². The first-order valence-corrected chi connectivity index (χ1v) is 10.2. The lowest BCUT2D eigenvalue weighted by molar-refractivity contribution is 0.218. The molecule has 0 saturated heterocycles. The van der Waals surface area contributed by atoms with Gasteiger partial charge in [0.15, 0.2) is 4.83 Å². The van der Waals surface area contributed by atoms with Crippen molar-refractivity contribution in [3.8, 4) is 5.75 Å². The molecule has 0 unspecified atom stereocenters. The van der Waals surface area contributed by atoms with Gasteiger partial charge in [-0.05, 0) is 53.9 Å². The van der Waals surface area contributed by atoms with Crippen LogP contribution in [0.5, 0.6) is 5.75 Å². The zero-order chi connectivity index (χ0) is 19.2. The number of hydrogen-bond acceptors (Lipinski definition) is 5. The summed E-state index contributed by atoms with van der Waals surface area (Å²) in [7, 11) is 1.64. The maximum atomic E-state index is 13.1. The van der Waals surface area contributed by atoms with Gasteiger partial charge in [-0.25, -0.2) is 4.68 Å². The molecule has 0 radical (unpaired) electrons. The minimum atomic E-state index is -0.0254. The van der Waals surface area contributed by atoms with Crippen LogP contribution in [0, 0.1) is 11.3 Å². The van der Waals surface area contributed by atoms with Crippen LogP contribution in [0.4, 0.5) is 0 Å². The SMILES string of the molecule is COc1ccc(Cn2nnc3sc4c(c3c2=O)CC[C@@H](C(C)(C)C)C4)cc1. The number of benzene rings is 1. The van der Waals surface area contributed by atoms with E-state index in [-0.39, 0.29) is 11.0 Å². The molecule has 0 saturated carbocycles. The van der Waals surface area contributed by atoms with E-state index < -0.39 is 0 Å². The molecule has 0 aliphatic heterocycles. The molecule has 6 heteroatoms. The Morgan fingerprint density at radius 2 is 2.00 bits per heavy atom. The van der Waals surface area contributed by atoms with Gasteiger partial charge in [-0.2, -0.15) is 0 Å². The topological polar surface area (TPSA) is 57.0 Å². The third-order valence-corrected chi connectivity index (χ3v) is 6.79. The summed E-state index contributed by atoms with van der Waals surface area (Å²) in [5.74, 6) is 1.44. The summed E-state index contributed by atoms with van der Waals surface area (Å²) < 4.78 is 6.67. The van der Waals surface area contributed by atoms with Crippen LogP contribution in [0.2, 0.25) is 0 Å². The van der Waals surface area contributed by atoms with Crippen LogP contribution in [-0.2, 0) is 19.4 Å². The average molecular weight is 384 g/mol. The van der Waals surface area contributed by atoms with Gasteiger partial charge in [-0.3, -0.25) is 4.79 Å². The van der Waals surface area contributed by atoms with Crippen molar-refractivity contribution in [1.29, 1.82) is 0 Å². The van der Waals surface area contributed by atoms with E-state index in [1.807, 2.05) is 24.3 Å². The van der Waals surface area contributed by atoms with Crippen molar-refractivity contribution in [2.24, 2.45) is 11.3 Å². The van der Waals surface area contributed by atoms with Gasteiger partial charge in [0.05, 0.1) is 19.0 Å². The van der Waals surface area contributed by atoms with Gasteiger partial charge in [0.1, 0.15) is 5.75 Å². The van der Waals surface area contributed by atoms with E-state index >= 15 is 0 Å². The summed E-state index contributed by atoms with van der Waals surface area (Å²) in [6.07, 6.45) is 3.13. The molecule has 4 rings (SSSR count). The van der Waals surface area contributed by atoms with Gasteiger partial charge in [0.2, 0.25) is 0 Å². The molecule has 0 fully saturated rings. The van der Waals surface area contributed by atoms with E-state index in [4.69, 9.17) is 4.74 Å². The summed E-state index contributed by atoms with van der Waals surface area (Å²) in [5.41, 5.74) is 2.47. The average Bonchev–Trinajstić information content (AvgIpc) is 3.02. The molecule has 0 bridgehead atoms. The molecular formula is C21H25N3O2S. The van der Waals surface area contributed by atoms with Crippen LogP contribution in [0.15, 0.2) is 29.1 Å². The van der Waals surface area contributed by atoms with Crippen molar-refractivity contribution in [2.45, 2.75) is 46.6 Å². The van der Waals surface area contributed by atoms with Crippen molar-refractivity contribution in [3.63, 3.8) is 0 Å². The Bertz CT molecular complexity index is 1030. The van der Waals surface area contributed by atoms with E-state index in [2.05, 4.69) is 31.1 Å². The Hall–Kier alpha value is -2.21. The normalized spacial score (nSPS) is 17.1. The fraction of sp³-hybridized carbons (Fsp3) is 0.476. The number of hydrogen-bond donors (Lipinski definition) is 0. The standard InChI is InChI=1S/C21H25N3O2S/c1-21(2,3)14-7-10-16-17(11-14)27-19-18(16)20(25)24(23-22-19)12-13-5-8-15(26-4)9-6-13/h5-6,8-9,14H,7,10-12H2,1-4H3/t14-/m1/s1. The summed E-state index contributed by atoms with van der Waals surface area (Å²) in [5, 5.41) is 9.34. The van der Waals surface area contributed by atoms with Crippen molar-refractivity contribution in [2.75, 3.05) is 7.11 Å². The minimum Gasteiger partial charge on any atom is -0.497 e. The highest BCUT2D eigenvalue weighted by atomic mass is 32.1. The molecule has 3 aromatic rings. The van der Waals surface area contributed by atoms with Gasteiger partial charge in [-0.15, -0.1) is 16.4 Å². The molecule has 142 valence electrons. The Balaban J connectivity index is 1.69. The van der Waals surface area contributed by atoms with Gasteiger partial charge in [0, 0.05) is 4.88 Å². The predicted octanol–water partition coefficient (Wildman–Crippen LogP) is 4.06. The highest BCUT2D eigenvalue weighted by molar-refractivity contribution is 7.18. The van der Waals surface area contributed by atoms with Crippen LogP contribution in [0.1, 0.15) is 43.2 Å². The smallest absolute Gasteiger partial charge is 0.279 e. The maximum Gasteiger partial charge on any atom is 0.279 e. The largest absolute Gasteiger partial charge is 0.497 e. The summed E-state index contributed by atoms with van der Waals surface area (Å²) >= 11 is 1.65. The van der Waals surface area contributed by atoms with E-state index in [1.165, 1.54) is 15.1 Å². The third kappa shape index (κ3) is 3.38. The number of methoxy groups -OCH3 is 1. The number of aromatic nitrogens is 3. The summed E-state index contributed by atoms with van der Waals surface area (Å²) in [6.45, 7) is 7.33. The second kappa shape index (κ2) is 6.75. The van der Waals surface area contributed by atoms with Gasteiger partial charge >= 0.3 is 0 Å². The molecule has 0 amide bonds. The van der Waals surface area contributed by atoms with E-state index in [0.29, 0.717) is 12.5 Å². The molecule has 1 aromatic carbocycles. The summed E-state index contributed by atoms with van der Waals surface area (Å²) in [6, 6.07) is 7.69. The Morgan fingerprint density at radius 3 is 2.67 bits per heavy atom. The number of nitrogens with zero attached hydrogens (tertiary/aromatic N) is 3. The number of ether oxygens (including phenoxy) is 1. The fourth-order valence-electron chi connectivity index (χ4n) is 3.87. The first-order chi connectivity index (χ1) is 12.9. The molecule has 1 aliphatic rings. The fourth-order valence-corrected chi connectivity index (χ4v) is 5.11. The lowest BCUT2D eigenvalue weighted by Crippen LogP contribution is -2.28. The molecule has 2 heterocycles. The molecule has 2 aromatic heterocycles. The summed E-state index contributed by atoms with van der Waals surface area (Å²) in [4.78, 5) is 15.2. The quantitative estimate of drug-likeness (QED) is 0.684. The van der Waals surface area contributed by atoms with Gasteiger partial charge < -0.3 is 4.74 Å². The number of aryl methyl sites for hydroxylation is 1. The highest BCUT2D eigenvalue weighted by Crippen LogP contribution is 2.41. The van der Waals surface area contributed by atoms with Crippen LogP contribution in [0.3, 0.4) is 0 Å². The Morgan fingerprint density at radius 1 is 1.26 bits per heavy atom. The molecule has 1 atom stereocenters. The lowest BCUT2D eigenvalue weighted by Gasteiger charge is -2.33. The predicted molar refractivity (Wildman–Crippen MR) is 109 cm³/mol. The maximum absolute atomic E-state index is 13.1. The van der Waals surface area contributed by atoms with E-state index in [1.54, 1.807) is 18.4 Å². The molecular weight excluding hydrogens is 358 g/mol. The van der Waals surface area contributed by atoms with E-state index in [9.17, 15) is 4.79 Å². The monoisotopic (exact) mass is 383 g/mol. The van der Waals surface area contributed by atoms with Crippen LogP contribution < -0.4 is 10.3 Å². The second-order valence-corrected chi connectivity index (χ2v) is 9.47. The molecule has 1 aliphatic carbocycles. The molecule has 0 N–H and O–H groups in total.